The summed E-state index contributed by atoms with van der Waals surface area (Å²) in [6, 6.07) is 9.74. The third-order valence-corrected chi connectivity index (χ3v) is 4.85. The van der Waals surface area contributed by atoms with Gasteiger partial charge >= 0.3 is 0 Å². The van der Waals surface area contributed by atoms with Crippen LogP contribution in [0.25, 0.3) is 10.8 Å². The Bertz CT molecular complexity index is 645. The molecule has 1 heterocycles. The van der Waals surface area contributed by atoms with Gasteiger partial charge in [0.05, 0.1) is 5.54 Å². The Morgan fingerprint density at radius 1 is 1.19 bits per heavy atom. The van der Waals surface area contributed by atoms with Crippen molar-refractivity contribution < 1.29 is 4.79 Å². The van der Waals surface area contributed by atoms with Crippen LogP contribution >= 0.6 is 11.6 Å². The molecule has 1 N–H and O–H groups in total. The van der Waals surface area contributed by atoms with Gasteiger partial charge in [-0.25, -0.2) is 0 Å². The smallest absolute Gasteiger partial charge is 0.270 e. The first-order chi connectivity index (χ1) is 10.2. The monoisotopic (exact) mass is 302 g/mol. The van der Waals surface area contributed by atoms with Crippen molar-refractivity contribution in [1.82, 2.24) is 10.3 Å². The van der Waals surface area contributed by atoms with E-state index in [1.165, 1.54) is 6.42 Å². The number of nitrogens with zero attached hydrogens (tertiary/aromatic N) is 1. The highest BCUT2D eigenvalue weighted by Crippen LogP contribution is 2.30. The van der Waals surface area contributed by atoms with Crippen LogP contribution in [0.2, 0.25) is 0 Å². The van der Waals surface area contributed by atoms with E-state index in [2.05, 4.69) is 10.3 Å². The summed E-state index contributed by atoms with van der Waals surface area (Å²) in [5, 5.41) is 5.07. The molecule has 2 aromatic rings. The number of carbonyl (C=O) groups is 1. The average Bonchev–Trinajstić information content (AvgIpc) is 2.55. The van der Waals surface area contributed by atoms with Crippen molar-refractivity contribution in [3.05, 3.63) is 42.2 Å². The van der Waals surface area contributed by atoms with Crippen LogP contribution < -0.4 is 5.32 Å². The van der Waals surface area contributed by atoms with Gasteiger partial charge in [-0.05, 0) is 24.3 Å². The Kier molecular flexibility index (Phi) is 4.11. The Morgan fingerprint density at radius 2 is 1.95 bits per heavy atom. The van der Waals surface area contributed by atoms with Gasteiger partial charge in [0.2, 0.25) is 0 Å². The predicted octanol–water partition coefficient (Wildman–Crippen LogP) is 3.91. The van der Waals surface area contributed by atoms with E-state index in [-0.39, 0.29) is 11.4 Å². The first-order valence-electron chi connectivity index (χ1n) is 7.46. The van der Waals surface area contributed by atoms with Crippen molar-refractivity contribution in [2.75, 3.05) is 5.88 Å². The molecule has 110 valence electrons. The number of hydrogen-bond donors (Lipinski definition) is 1. The van der Waals surface area contributed by atoms with Crippen LogP contribution in [0.15, 0.2) is 36.5 Å². The van der Waals surface area contributed by atoms with Gasteiger partial charge in [0.25, 0.3) is 5.91 Å². The average molecular weight is 303 g/mol. The third kappa shape index (κ3) is 2.88. The lowest BCUT2D eigenvalue weighted by atomic mass is 9.83. The Labute approximate surface area is 129 Å². The van der Waals surface area contributed by atoms with Crippen LogP contribution in [0, 0.1) is 0 Å². The summed E-state index contributed by atoms with van der Waals surface area (Å²) in [4.78, 5) is 16.9. The zero-order valence-electron chi connectivity index (χ0n) is 11.9. The standard InChI is InChI=1S/C17H19ClN2O/c18-12-17(9-4-1-5-10-17)20-16(21)15-14-7-3-2-6-13(14)8-11-19-15/h2-3,6-8,11H,1,4-5,9-10,12H2,(H,20,21). The molecule has 3 rings (SSSR count). The second-order valence-corrected chi connectivity index (χ2v) is 6.08. The van der Waals surface area contributed by atoms with E-state index >= 15 is 0 Å². The number of aromatic nitrogens is 1. The van der Waals surface area contributed by atoms with Crippen LogP contribution in [-0.2, 0) is 0 Å². The summed E-state index contributed by atoms with van der Waals surface area (Å²) in [5.41, 5.74) is 0.221. The minimum absolute atomic E-state index is 0.116. The largest absolute Gasteiger partial charge is 0.344 e. The molecular formula is C17H19ClN2O. The lowest BCUT2D eigenvalue weighted by molar-refractivity contribution is 0.0881. The Morgan fingerprint density at radius 3 is 2.71 bits per heavy atom. The van der Waals surface area contributed by atoms with E-state index in [9.17, 15) is 4.79 Å². The number of pyridine rings is 1. The molecule has 0 aliphatic heterocycles. The van der Waals surface area contributed by atoms with E-state index in [1.807, 2.05) is 30.3 Å². The minimum Gasteiger partial charge on any atom is -0.344 e. The quantitative estimate of drug-likeness (QED) is 0.874. The lowest BCUT2D eigenvalue weighted by Crippen LogP contribution is -2.51. The van der Waals surface area contributed by atoms with Crippen molar-refractivity contribution in [3.8, 4) is 0 Å². The van der Waals surface area contributed by atoms with Gasteiger partial charge in [0.1, 0.15) is 5.69 Å². The van der Waals surface area contributed by atoms with Crippen molar-refractivity contribution in [3.63, 3.8) is 0 Å². The molecule has 0 radical (unpaired) electrons. The number of halogens is 1. The fraction of sp³-hybridized carbons (Fsp3) is 0.412. The van der Waals surface area contributed by atoms with Crippen molar-refractivity contribution in [2.45, 2.75) is 37.6 Å². The molecule has 1 aromatic heterocycles. The number of hydrogen-bond acceptors (Lipinski definition) is 2. The van der Waals surface area contributed by atoms with Crippen LogP contribution in [0.5, 0.6) is 0 Å². The highest BCUT2D eigenvalue weighted by Gasteiger charge is 2.33. The van der Waals surface area contributed by atoms with E-state index < -0.39 is 0 Å². The van der Waals surface area contributed by atoms with Crippen molar-refractivity contribution in [1.29, 1.82) is 0 Å². The molecular weight excluding hydrogens is 284 g/mol. The zero-order chi connectivity index (χ0) is 14.7. The molecule has 4 heteroatoms. The maximum absolute atomic E-state index is 12.7. The number of carbonyl (C=O) groups excluding carboxylic acids is 1. The summed E-state index contributed by atoms with van der Waals surface area (Å²) >= 11 is 6.15. The van der Waals surface area contributed by atoms with E-state index in [0.29, 0.717) is 11.6 Å². The molecule has 1 aliphatic rings. The molecule has 1 aliphatic carbocycles. The number of amides is 1. The van der Waals surface area contributed by atoms with Crippen molar-refractivity contribution in [2.24, 2.45) is 0 Å². The van der Waals surface area contributed by atoms with Crippen LogP contribution in [-0.4, -0.2) is 22.3 Å². The van der Waals surface area contributed by atoms with Gasteiger partial charge < -0.3 is 5.32 Å². The second-order valence-electron chi connectivity index (χ2n) is 5.81. The molecule has 0 saturated heterocycles. The summed E-state index contributed by atoms with van der Waals surface area (Å²) in [6.07, 6.45) is 7.05. The Balaban J connectivity index is 1.90. The summed E-state index contributed by atoms with van der Waals surface area (Å²) in [6.45, 7) is 0. The number of fused-ring (bicyclic) bond motifs is 1. The third-order valence-electron chi connectivity index (χ3n) is 4.33. The molecule has 1 amide bonds. The molecule has 0 atom stereocenters. The number of rotatable bonds is 3. The van der Waals surface area contributed by atoms with Crippen LogP contribution in [0.3, 0.4) is 0 Å². The highest BCUT2D eigenvalue weighted by atomic mass is 35.5. The van der Waals surface area contributed by atoms with E-state index in [1.54, 1.807) is 6.20 Å². The summed E-state index contributed by atoms with van der Waals surface area (Å²) in [5.74, 6) is 0.345. The van der Waals surface area contributed by atoms with E-state index in [0.717, 1.165) is 36.5 Å². The van der Waals surface area contributed by atoms with Gasteiger partial charge in [-0.2, -0.15) is 0 Å². The van der Waals surface area contributed by atoms with Gasteiger partial charge in [-0.15, -0.1) is 11.6 Å². The molecule has 0 unspecified atom stereocenters. The second kappa shape index (κ2) is 6.02. The van der Waals surface area contributed by atoms with Gasteiger partial charge in [0.15, 0.2) is 0 Å². The number of nitrogens with one attached hydrogen (secondary N) is 1. The molecule has 1 fully saturated rings. The van der Waals surface area contributed by atoms with Crippen molar-refractivity contribution >= 4 is 28.3 Å². The summed E-state index contributed by atoms with van der Waals surface area (Å²) in [7, 11) is 0. The van der Waals surface area contributed by atoms with Crippen LogP contribution in [0.1, 0.15) is 42.6 Å². The summed E-state index contributed by atoms with van der Waals surface area (Å²) < 4.78 is 0. The molecule has 1 saturated carbocycles. The normalized spacial score (nSPS) is 17.6. The lowest BCUT2D eigenvalue weighted by Gasteiger charge is -2.36. The topological polar surface area (TPSA) is 42.0 Å². The first kappa shape index (κ1) is 14.3. The molecule has 21 heavy (non-hydrogen) atoms. The number of benzene rings is 1. The fourth-order valence-electron chi connectivity index (χ4n) is 3.12. The van der Waals surface area contributed by atoms with Gasteiger partial charge in [-0.1, -0.05) is 43.5 Å². The molecule has 0 bridgehead atoms. The highest BCUT2D eigenvalue weighted by molar-refractivity contribution is 6.19. The zero-order valence-corrected chi connectivity index (χ0v) is 12.7. The van der Waals surface area contributed by atoms with Crippen LogP contribution in [0.4, 0.5) is 0 Å². The maximum atomic E-state index is 12.7. The molecule has 1 aromatic carbocycles. The molecule has 3 nitrogen and oxygen atoms in total. The minimum atomic E-state index is -0.268. The SMILES string of the molecule is O=C(NC1(CCl)CCCCC1)c1nccc2ccccc12. The Hall–Kier alpha value is -1.61. The van der Waals surface area contributed by atoms with Gasteiger partial charge in [0, 0.05) is 17.5 Å². The maximum Gasteiger partial charge on any atom is 0.270 e. The van der Waals surface area contributed by atoms with E-state index in [4.69, 9.17) is 11.6 Å². The molecule has 0 spiro atoms. The fourth-order valence-corrected chi connectivity index (χ4v) is 3.46. The number of alkyl halides is 1. The predicted molar refractivity (Wildman–Crippen MR) is 85.7 cm³/mol. The van der Waals surface area contributed by atoms with Gasteiger partial charge in [-0.3, -0.25) is 9.78 Å². The first-order valence-corrected chi connectivity index (χ1v) is 8.00.